The van der Waals surface area contributed by atoms with Crippen molar-refractivity contribution in [3.63, 3.8) is 0 Å². The van der Waals surface area contributed by atoms with Gasteiger partial charge < -0.3 is 125 Å². The average molecular weight is 1680 g/mol. The highest BCUT2D eigenvalue weighted by Gasteiger charge is 2.44. The number of carboxylic acid groups (broad SMARTS) is 3. The highest BCUT2D eigenvalue weighted by atomic mass is 32.1. The standard InChI is InChI=1S/C68H101F3N16O28S/c1-32(77-58(106)34-4-6-36(7-5-34)87(66(115)68(69,70)71)27-35-25-76-57-56(78-35)64(112)86-67(72)85-57)3-13-53(101)79-40(8-14-51(99)74-22-20-46(94)33(2)49(97)30-90)59(107)82-43(11-17-54(102)103)61(109)80-41(9-15-50(98)73-21-19-37(91)23-38(92)28-88)60(108)83-44(12-18-55(104)105)62(110)81-42(63(111)84-45(31-116)65(113)114)10-16-52(100)75-26-48(96)47(95)24-39(93)29-89/h4-7,25,32-33,37-49,88-97,116H,3,8-24,26-31H2,1-2H3,(H,73,98)(H,74,99)(H,75,100)(H,77,106)(H,79,101)(H,80,109)(H,81,110)(H,82,107)(H,83,108)(H,84,111)(H,102,103)(H,104,105)(H,113,114)(H3,72,76,85,86,112)/t32-,33+,37-,38+,39+,40+,41+,42+,43-,44-,45-,46-,47+,48+,49-/m1/s1. The molecule has 3 rings (SSSR count). The molecule has 48 heteroatoms. The van der Waals surface area contributed by atoms with Crippen molar-refractivity contribution in [1.29, 1.82) is 0 Å². The number of aliphatic carboxylic acids is 3. The molecular formula is C68H101F3N16O28S. The van der Waals surface area contributed by atoms with E-state index < -0.39 is 312 Å². The number of aliphatic hydroxyl groups is 10. The Morgan fingerprint density at radius 1 is 0.517 bits per heavy atom. The van der Waals surface area contributed by atoms with Crippen LogP contribution in [0.15, 0.2) is 35.3 Å². The fourth-order valence-electron chi connectivity index (χ4n) is 10.7. The fraction of sp³-hybridized carbons (Fsp3) is 0.618. The van der Waals surface area contributed by atoms with Crippen LogP contribution in [0.2, 0.25) is 0 Å². The molecule has 3 aromatic rings. The molecule has 0 aliphatic carbocycles. The van der Waals surface area contributed by atoms with E-state index in [0.29, 0.717) is 0 Å². The molecule has 0 saturated heterocycles. The molecule has 648 valence electrons. The molecule has 0 saturated carbocycles. The van der Waals surface area contributed by atoms with Crippen molar-refractivity contribution in [3.8, 4) is 0 Å². The van der Waals surface area contributed by atoms with E-state index in [9.17, 15) is 146 Å². The minimum absolute atomic E-state index is 0.170. The molecule has 15 atom stereocenters. The monoisotopic (exact) mass is 1680 g/mol. The van der Waals surface area contributed by atoms with Crippen molar-refractivity contribution in [3.05, 3.63) is 52.1 Å². The molecule has 2 aromatic heterocycles. The Morgan fingerprint density at radius 3 is 1.42 bits per heavy atom. The van der Waals surface area contributed by atoms with Gasteiger partial charge in [-0.25, -0.2) is 14.8 Å². The van der Waals surface area contributed by atoms with Crippen LogP contribution in [-0.2, 0) is 68.9 Å². The Balaban J connectivity index is 2.02. The molecule has 116 heavy (non-hydrogen) atoms. The molecule has 11 amide bonds. The summed E-state index contributed by atoms with van der Waals surface area (Å²) in [4.78, 5) is 214. The topological polar surface area (TPSA) is 723 Å². The first-order valence-electron chi connectivity index (χ1n) is 36.3. The lowest BCUT2D eigenvalue weighted by molar-refractivity contribution is -0.170. The van der Waals surface area contributed by atoms with Gasteiger partial charge in [0.15, 0.2) is 11.2 Å². The zero-order valence-corrected chi connectivity index (χ0v) is 63.8. The third-order valence-corrected chi connectivity index (χ3v) is 17.9. The molecule has 1 aromatic carbocycles. The van der Waals surface area contributed by atoms with Crippen molar-refractivity contribution < 1.29 is 147 Å². The smallest absolute Gasteiger partial charge is 0.471 e. The van der Waals surface area contributed by atoms with Crippen molar-refractivity contribution in [2.75, 3.05) is 55.8 Å². The van der Waals surface area contributed by atoms with E-state index in [0.717, 1.165) is 30.5 Å². The Hall–Kier alpha value is -10.4. The number of fused-ring (bicyclic) bond motifs is 1. The molecule has 44 nitrogen and oxygen atoms in total. The number of carbonyl (C=O) groups is 14. The maximum absolute atomic E-state index is 14.6. The lowest BCUT2D eigenvalue weighted by atomic mass is 9.96. The van der Waals surface area contributed by atoms with Gasteiger partial charge in [-0.05, 0) is 82.6 Å². The number of alkyl halides is 3. The summed E-state index contributed by atoms with van der Waals surface area (Å²) in [5.74, 6) is -20.3. The van der Waals surface area contributed by atoms with Crippen LogP contribution >= 0.6 is 12.6 Å². The summed E-state index contributed by atoms with van der Waals surface area (Å²) in [7, 11) is 0. The zero-order chi connectivity index (χ0) is 87.3. The van der Waals surface area contributed by atoms with Gasteiger partial charge in [0.2, 0.25) is 59.1 Å². The molecular weight excluding hydrogens is 1580 g/mol. The van der Waals surface area contributed by atoms with E-state index in [1.807, 2.05) is 0 Å². The first kappa shape index (κ1) is 99.8. The quantitative estimate of drug-likeness (QED) is 0.0233. The molecule has 0 fully saturated rings. The Kier molecular flexibility index (Phi) is 43.1. The summed E-state index contributed by atoms with van der Waals surface area (Å²) >= 11 is 3.90. The van der Waals surface area contributed by atoms with Gasteiger partial charge in [0.05, 0.1) is 81.0 Å². The summed E-state index contributed by atoms with van der Waals surface area (Å²) in [5.41, 5.74) is 3.11. The zero-order valence-electron chi connectivity index (χ0n) is 62.9. The van der Waals surface area contributed by atoms with Crippen LogP contribution in [-0.4, -0.2) is 306 Å². The lowest BCUT2D eigenvalue weighted by Crippen LogP contribution is -2.59. The number of hydrogen-bond acceptors (Lipinski definition) is 30. The van der Waals surface area contributed by atoms with E-state index in [1.54, 1.807) is 0 Å². The van der Waals surface area contributed by atoms with Gasteiger partial charge in [0, 0.05) is 100.0 Å². The van der Waals surface area contributed by atoms with Crippen LogP contribution in [0.25, 0.3) is 11.2 Å². The molecule has 0 unspecified atom stereocenters. The first-order valence-corrected chi connectivity index (χ1v) is 36.9. The molecule has 2 heterocycles. The number of hydrogen-bond donors (Lipinski definition) is 26. The highest BCUT2D eigenvalue weighted by Crippen LogP contribution is 2.27. The molecule has 0 aliphatic rings. The van der Waals surface area contributed by atoms with E-state index in [2.05, 4.69) is 85.7 Å². The van der Waals surface area contributed by atoms with Gasteiger partial charge in [-0.15, -0.1) is 0 Å². The summed E-state index contributed by atoms with van der Waals surface area (Å²) in [6.45, 7) is -1.49. The molecule has 0 radical (unpaired) electrons. The Morgan fingerprint density at radius 2 is 0.966 bits per heavy atom. The summed E-state index contributed by atoms with van der Waals surface area (Å²) < 4.78 is 41.9. The van der Waals surface area contributed by atoms with Crippen molar-refractivity contribution in [1.82, 2.24) is 73.1 Å². The number of carboxylic acids is 3. The number of nitrogens with zero attached hydrogens (tertiary/aromatic N) is 4. The Labute approximate surface area is 663 Å². The van der Waals surface area contributed by atoms with E-state index in [4.69, 9.17) is 10.8 Å². The van der Waals surface area contributed by atoms with Gasteiger partial charge in [0.25, 0.3) is 11.5 Å². The number of H-pyrrole nitrogens is 1. The van der Waals surface area contributed by atoms with Crippen LogP contribution in [0.3, 0.4) is 0 Å². The number of nitrogens with one attached hydrogen (secondary N) is 11. The van der Waals surface area contributed by atoms with E-state index in [-0.39, 0.29) is 66.5 Å². The number of aromatic amines is 1. The minimum Gasteiger partial charge on any atom is -0.481 e. The van der Waals surface area contributed by atoms with Gasteiger partial charge in [-0.2, -0.15) is 30.8 Å². The number of nitrogens with two attached hydrogens (primary N) is 1. The second-order valence-electron chi connectivity index (χ2n) is 27.0. The van der Waals surface area contributed by atoms with Crippen molar-refractivity contribution >= 4 is 118 Å². The van der Waals surface area contributed by atoms with Crippen LogP contribution in [0, 0.1) is 5.92 Å². The molecule has 0 spiro atoms. The molecule has 0 aliphatic heterocycles. The van der Waals surface area contributed by atoms with Crippen molar-refractivity contribution in [2.45, 2.75) is 214 Å². The van der Waals surface area contributed by atoms with Crippen LogP contribution in [0.5, 0.6) is 0 Å². The number of thiol groups is 1. The normalized spacial score (nSPS) is 15.3. The van der Waals surface area contributed by atoms with Gasteiger partial charge >= 0.3 is 30.0 Å². The summed E-state index contributed by atoms with van der Waals surface area (Å²) in [6.07, 6.45) is -24.4. The number of amides is 11. The number of aromatic nitrogens is 4. The molecule has 26 N–H and O–H groups in total. The summed E-state index contributed by atoms with van der Waals surface area (Å²) in [5, 5.41) is 151. The second-order valence-corrected chi connectivity index (χ2v) is 27.3. The number of aliphatic hydroxyl groups excluding tert-OH is 10. The average Bonchev–Trinajstić information content (AvgIpc) is 0.795. The number of benzene rings is 1. The predicted molar refractivity (Wildman–Crippen MR) is 397 cm³/mol. The van der Waals surface area contributed by atoms with Crippen LogP contribution in [0.1, 0.15) is 133 Å². The third-order valence-electron chi connectivity index (χ3n) is 17.6. The maximum Gasteiger partial charge on any atom is 0.471 e. The Bertz CT molecular complexity index is 3880. The number of halogens is 3. The second kappa shape index (κ2) is 50.1. The first-order chi connectivity index (χ1) is 54.5. The maximum atomic E-state index is 14.6. The van der Waals surface area contributed by atoms with Crippen LogP contribution in [0.4, 0.5) is 24.8 Å². The lowest BCUT2D eigenvalue weighted by Gasteiger charge is -2.27. The van der Waals surface area contributed by atoms with Crippen LogP contribution < -0.4 is 69.4 Å². The van der Waals surface area contributed by atoms with E-state index >= 15 is 0 Å². The van der Waals surface area contributed by atoms with E-state index in [1.165, 1.54) is 13.8 Å². The number of carbonyl (C=O) groups excluding carboxylic acids is 11. The predicted octanol–water partition coefficient (Wildman–Crippen LogP) is -7.67. The highest BCUT2D eigenvalue weighted by molar-refractivity contribution is 7.80. The summed E-state index contributed by atoms with van der Waals surface area (Å²) in [6, 6.07) is -8.59. The SMILES string of the molecule is C[C@H]([C@H](O)CO)[C@H](O)CCNC(=O)CC[C@H](NC(=O)CC[C@@H](C)NC(=O)c1ccc(N(Cc2cnc3nc(N)[nH]c(=O)c3n2)C(=O)C(F)(F)F)cc1)C(=O)N[C@H](CCC(=O)O)C(=O)N[C@@H](CCC(=O)NCC[C@@H](O)C[C@H](O)CO)C(=O)N[C@H](CCC(=O)O)C(=O)N[C@@H](CCC(=O)NC[C@H](O)[C@@H](O)C[C@H](O)CO)C(=O)N[C@H](CS)C(=O)O. The fourth-order valence-corrected chi connectivity index (χ4v) is 11.0. The molecule has 0 bridgehead atoms. The third kappa shape index (κ3) is 36.2. The number of nitrogen functional groups attached to an aromatic ring is 1. The number of rotatable bonds is 54. The minimum atomic E-state index is -5.45. The largest absolute Gasteiger partial charge is 0.481 e. The van der Waals surface area contributed by atoms with Crippen molar-refractivity contribution in [2.24, 2.45) is 5.92 Å². The van der Waals surface area contributed by atoms with Gasteiger partial charge in [0.1, 0.15) is 36.3 Å². The number of anilines is 2. The van der Waals surface area contributed by atoms with Gasteiger partial charge in [-0.3, -0.25) is 77.0 Å². The van der Waals surface area contributed by atoms with Gasteiger partial charge in [-0.1, -0.05) is 6.92 Å².